The number of benzene rings is 1. The molecule has 0 saturated carbocycles. The van der Waals surface area contributed by atoms with Gasteiger partial charge in [0.15, 0.2) is 18.1 Å². The molecule has 13 heteroatoms. The van der Waals surface area contributed by atoms with Crippen LogP contribution in [0.15, 0.2) is 36.4 Å². The standard InChI is InChI=1S/C18H16F8O5/c1-10(2)30-11-5-3-4-6-12(11)31-14(28)8-7-13(27)29-9-16(21,22)18(25,26)17(23,24)15(19)20/h3-8,10,15H,9H2,1-2H3/b8-7+. The van der Waals surface area contributed by atoms with Crippen molar-refractivity contribution in [1.82, 2.24) is 0 Å². The van der Waals surface area contributed by atoms with E-state index in [0.29, 0.717) is 6.08 Å². The molecule has 0 spiro atoms. The lowest BCUT2D eigenvalue weighted by atomic mass is 10.1. The molecule has 0 fully saturated rings. The Hall–Kier alpha value is -2.86. The smallest absolute Gasteiger partial charge is 0.381 e. The topological polar surface area (TPSA) is 61.8 Å². The number of carbonyl (C=O) groups is 2. The minimum Gasteiger partial charge on any atom is -0.487 e. The highest BCUT2D eigenvalue weighted by Crippen LogP contribution is 2.48. The number of carbonyl (C=O) groups excluding carboxylic acids is 2. The summed E-state index contributed by atoms with van der Waals surface area (Å²) in [6, 6.07) is 5.83. The van der Waals surface area contributed by atoms with Gasteiger partial charge >= 0.3 is 36.1 Å². The summed E-state index contributed by atoms with van der Waals surface area (Å²) in [5.41, 5.74) is 0. The van der Waals surface area contributed by atoms with Crippen LogP contribution in [0.5, 0.6) is 11.5 Å². The van der Waals surface area contributed by atoms with Crippen molar-refractivity contribution >= 4 is 11.9 Å². The third kappa shape index (κ3) is 6.56. The number of rotatable bonds is 10. The Morgan fingerprint density at radius 3 is 1.97 bits per heavy atom. The van der Waals surface area contributed by atoms with E-state index in [1.54, 1.807) is 19.9 Å². The van der Waals surface area contributed by atoms with Crippen molar-refractivity contribution < 1.29 is 58.9 Å². The number of hydrogen-bond acceptors (Lipinski definition) is 5. The van der Waals surface area contributed by atoms with Crippen molar-refractivity contribution in [3.63, 3.8) is 0 Å². The van der Waals surface area contributed by atoms with Crippen molar-refractivity contribution in [2.45, 2.75) is 44.1 Å². The first-order valence-electron chi connectivity index (χ1n) is 8.35. The van der Waals surface area contributed by atoms with Crippen molar-refractivity contribution in [2.75, 3.05) is 6.61 Å². The number of ether oxygens (including phenoxy) is 3. The van der Waals surface area contributed by atoms with Crippen LogP contribution >= 0.6 is 0 Å². The van der Waals surface area contributed by atoms with Gasteiger partial charge in [0.2, 0.25) is 0 Å². The lowest BCUT2D eigenvalue weighted by molar-refractivity contribution is -0.344. The third-order valence-electron chi connectivity index (χ3n) is 3.33. The summed E-state index contributed by atoms with van der Waals surface area (Å²) in [4.78, 5) is 23.0. The van der Waals surface area contributed by atoms with E-state index in [1.165, 1.54) is 18.2 Å². The van der Waals surface area contributed by atoms with Crippen LogP contribution in [0.1, 0.15) is 13.8 Å². The maximum atomic E-state index is 13.3. The van der Waals surface area contributed by atoms with E-state index in [1.807, 2.05) is 0 Å². The number of halogens is 8. The highest BCUT2D eigenvalue weighted by atomic mass is 19.4. The zero-order chi connectivity index (χ0) is 24.0. The van der Waals surface area contributed by atoms with Gasteiger partial charge in [-0.05, 0) is 26.0 Å². The highest BCUT2D eigenvalue weighted by molar-refractivity contribution is 5.92. The summed E-state index contributed by atoms with van der Waals surface area (Å²) in [5.74, 6) is -21.7. The van der Waals surface area contributed by atoms with Gasteiger partial charge in [-0.25, -0.2) is 18.4 Å². The van der Waals surface area contributed by atoms with Gasteiger partial charge < -0.3 is 14.2 Å². The Morgan fingerprint density at radius 1 is 0.935 bits per heavy atom. The van der Waals surface area contributed by atoms with Crippen LogP contribution in [0, 0.1) is 0 Å². The predicted octanol–water partition coefficient (Wildman–Crippen LogP) is 4.65. The quantitative estimate of drug-likeness (QED) is 0.218. The first-order chi connectivity index (χ1) is 14.1. The fourth-order valence-corrected chi connectivity index (χ4v) is 1.85. The van der Waals surface area contributed by atoms with Crippen LogP contribution in [0.25, 0.3) is 0 Å². The van der Waals surface area contributed by atoms with Gasteiger partial charge in [0.25, 0.3) is 0 Å². The average Bonchev–Trinajstić information content (AvgIpc) is 2.65. The van der Waals surface area contributed by atoms with E-state index < -0.39 is 42.7 Å². The van der Waals surface area contributed by atoms with Gasteiger partial charge in [0, 0.05) is 12.2 Å². The van der Waals surface area contributed by atoms with Gasteiger partial charge in [0.05, 0.1) is 6.10 Å². The largest absolute Gasteiger partial charge is 0.487 e. The predicted molar refractivity (Wildman–Crippen MR) is 88.8 cm³/mol. The van der Waals surface area contributed by atoms with Crippen LogP contribution in [-0.4, -0.2) is 48.8 Å². The molecule has 1 rings (SSSR count). The second-order valence-corrected chi connectivity index (χ2v) is 6.18. The molecule has 5 nitrogen and oxygen atoms in total. The molecule has 0 unspecified atom stereocenters. The molecule has 31 heavy (non-hydrogen) atoms. The molecular formula is C18H16F8O5. The maximum Gasteiger partial charge on any atom is 0.381 e. The minimum absolute atomic E-state index is 0.0698. The minimum atomic E-state index is -6.52. The summed E-state index contributed by atoms with van der Waals surface area (Å²) in [6.45, 7) is 0.724. The number of alkyl halides is 8. The average molecular weight is 464 g/mol. The fourth-order valence-electron chi connectivity index (χ4n) is 1.85. The Morgan fingerprint density at radius 2 is 1.45 bits per heavy atom. The molecule has 1 aromatic rings. The SMILES string of the molecule is CC(C)Oc1ccccc1OC(=O)/C=C/C(=O)OCC(F)(F)C(F)(F)C(F)(F)C(F)F. The van der Waals surface area contributed by atoms with E-state index in [9.17, 15) is 44.7 Å². The van der Waals surface area contributed by atoms with Gasteiger partial charge in [0.1, 0.15) is 0 Å². The molecule has 0 aliphatic heterocycles. The van der Waals surface area contributed by atoms with Crippen LogP contribution in [0.2, 0.25) is 0 Å². The lowest BCUT2D eigenvalue weighted by Gasteiger charge is -2.31. The summed E-state index contributed by atoms with van der Waals surface area (Å²) in [6.07, 6.45) is -4.82. The lowest BCUT2D eigenvalue weighted by Crippen LogP contribution is -2.59. The number of hydrogen-bond donors (Lipinski definition) is 0. The molecule has 0 heterocycles. The first kappa shape index (κ1) is 26.2. The molecule has 0 saturated heterocycles. The van der Waals surface area contributed by atoms with Crippen molar-refractivity contribution in [1.29, 1.82) is 0 Å². The monoisotopic (exact) mass is 464 g/mol. The van der Waals surface area contributed by atoms with Crippen LogP contribution in [0.3, 0.4) is 0 Å². The highest BCUT2D eigenvalue weighted by Gasteiger charge is 2.75. The van der Waals surface area contributed by atoms with Crippen molar-refractivity contribution in [3.05, 3.63) is 36.4 Å². The number of para-hydroxylation sites is 2. The summed E-state index contributed by atoms with van der Waals surface area (Å²) >= 11 is 0. The van der Waals surface area contributed by atoms with Crippen molar-refractivity contribution in [3.8, 4) is 11.5 Å². The molecule has 1 aromatic carbocycles. The Bertz CT molecular complexity index is 808. The molecule has 174 valence electrons. The Balaban J connectivity index is 2.74. The second-order valence-electron chi connectivity index (χ2n) is 6.18. The zero-order valence-electron chi connectivity index (χ0n) is 15.9. The number of esters is 2. The molecule has 0 aliphatic carbocycles. The molecule has 0 N–H and O–H groups in total. The molecule has 0 radical (unpaired) electrons. The zero-order valence-corrected chi connectivity index (χ0v) is 15.9. The Labute approximate surface area is 170 Å². The van der Waals surface area contributed by atoms with Gasteiger partial charge in [-0.3, -0.25) is 0 Å². The molecule has 0 atom stereocenters. The van der Waals surface area contributed by atoms with Crippen LogP contribution in [0.4, 0.5) is 35.1 Å². The molecule has 0 amide bonds. The van der Waals surface area contributed by atoms with Crippen LogP contribution < -0.4 is 9.47 Å². The summed E-state index contributed by atoms with van der Waals surface area (Å²) in [7, 11) is 0. The van der Waals surface area contributed by atoms with E-state index in [-0.39, 0.29) is 23.7 Å². The molecule has 0 aliphatic rings. The van der Waals surface area contributed by atoms with Gasteiger partial charge in [-0.2, -0.15) is 26.3 Å². The summed E-state index contributed by atoms with van der Waals surface area (Å²) in [5, 5.41) is 0. The van der Waals surface area contributed by atoms with Gasteiger partial charge in [-0.15, -0.1) is 0 Å². The van der Waals surface area contributed by atoms with E-state index in [4.69, 9.17) is 9.47 Å². The summed E-state index contributed by atoms with van der Waals surface area (Å²) < 4.78 is 116. The maximum absolute atomic E-state index is 13.3. The van der Waals surface area contributed by atoms with Crippen molar-refractivity contribution in [2.24, 2.45) is 0 Å². The van der Waals surface area contributed by atoms with E-state index >= 15 is 0 Å². The van der Waals surface area contributed by atoms with E-state index in [2.05, 4.69) is 4.74 Å². The second kappa shape index (κ2) is 9.96. The molecular weight excluding hydrogens is 448 g/mol. The van der Waals surface area contributed by atoms with E-state index in [0.717, 1.165) is 0 Å². The normalized spacial score (nSPS) is 13.0. The molecule has 0 bridgehead atoms. The fraction of sp³-hybridized carbons (Fsp3) is 0.444. The first-order valence-corrected chi connectivity index (χ1v) is 8.35. The Kier molecular flexibility index (Phi) is 8.41. The van der Waals surface area contributed by atoms with Crippen LogP contribution in [-0.2, 0) is 14.3 Å². The third-order valence-corrected chi connectivity index (χ3v) is 3.33. The molecule has 0 aromatic heterocycles. The van der Waals surface area contributed by atoms with Gasteiger partial charge in [-0.1, -0.05) is 12.1 Å².